The summed E-state index contributed by atoms with van der Waals surface area (Å²) in [4.78, 5) is 0. The van der Waals surface area contributed by atoms with Crippen LogP contribution in [0.5, 0.6) is 0 Å². The number of alkyl halides is 1. The first-order valence-corrected chi connectivity index (χ1v) is 8.09. The van der Waals surface area contributed by atoms with Crippen molar-refractivity contribution < 1.29 is 8.85 Å². The Labute approximate surface area is 96.4 Å². The first-order valence-electron chi connectivity index (χ1n) is 5.04. The molecule has 2 unspecified atom stereocenters. The van der Waals surface area contributed by atoms with Crippen LogP contribution >= 0.6 is 11.6 Å². The van der Waals surface area contributed by atoms with Gasteiger partial charge < -0.3 is 8.85 Å². The van der Waals surface area contributed by atoms with Crippen LogP contribution in [0.1, 0.15) is 12.5 Å². The largest absolute Gasteiger partial charge is 0.390 e. The molecule has 2 nitrogen and oxygen atoms in total. The van der Waals surface area contributed by atoms with Gasteiger partial charge in [-0.15, -0.1) is 11.6 Å². The highest BCUT2D eigenvalue weighted by Gasteiger charge is 2.47. The summed E-state index contributed by atoms with van der Waals surface area (Å²) in [6, 6.07) is 10.2. The monoisotopic (exact) mass is 242 g/mol. The Balaban J connectivity index is 2.24. The molecule has 1 aromatic carbocycles. The van der Waals surface area contributed by atoms with Crippen LogP contribution in [0.3, 0.4) is 0 Å². The second kappa shape index (κ2) is 3.90. The molecule has 0 radical (unpaired) electrons. The van der Waals surface area contributed by atoms with Crippen LogP contribution < -0.4 is 0 Å². The van der Waals surface area contributed by atoms with Crippen molar-refractivity contribution in [3.8, 4) is 0 Å². The molecule has 0 saturated carbocycles. The van der Waals surface area contributed by atoms with Gasteiger partial charge in [-0.2, -0.15) is 0 Å². The summed E-state index contributed by atoms with van der Waals surface area (Å²) in [6.07, 6.45) is 0. The molecule has 1 saturated heterocycles. The van der Waals surface area contributed by atoms with Gasteiger partial charge in [0.05, 0.1) is 12.1 Å². The maximum absolute atomic E-state index is 6.06. The topological polar surface area (TPSA) is 18.5 Å². The minimum absolute atomic E-state index is 0.322. The smallest absolute Gasteiger partial charge is 0.351 e. The molecule has 2 rings (SSSR count). The van der Waals surface area contributed by atoms with E-state index in [1.807, 2.05) is 24.7 Å². The Morgan fingerprint density at radius 1 is 1.40 bits per heavy atom. The lowest BCUT2D eigenvalue weighted by atomic mass is 9.97. The van der Waals surface area contributed by atoms with E-state index < -0.39 is 8.56 Å². The summed E-state index contributed by atoms with van der Waals surface area (Å²) in [5, 5.41) is 0. The highest BCUT2D eigenvalue weighted by Crippen LogP contribution is 2.36. The zero-order chi connectivity index (χ0) is 10.9. The highest BCUT2D eigenvalue weighted by molar-refractivity contribution is 6.73. The van der Waals surface area contributed by atoms with E-state index in [2.05, 4.69) is 19.1 Å². The third-order valence-electron chi connectivity index (χ3n) is 2.72. The van der Waals surface area contributed by atoms with Crippen molar-refractivity contribution in [3.05, 3.63) is 35.9 Å². The fraction of sp³-hybridized carbons (Fsp3) is 0.455. The zero-order valence-corrected chi connectivity index (χ0v) is 10.8. The van der Waals surface area contributed by atoms with Crippen molar-refractivity contribution in [2.75, 3.05) is 12.1 Å². The van der Waals surface area contributed by atoms with Gasteiger partial charge in [0, 0.05) is 0 Å². The van der Waals surface area contributed by atoms with Crippen LogP contribution in [0.15, 0.2) is 30.3 Å². The van der Waals surface area contributed by atoms with Gasteiger partial charge in [-0.25, -0.2) is 0 Å². The lowest BCUT2D eigenvalue weighted by molar-refractivity contribution is 0.109. The van der Waals surface area contributed by atoms with Crippen molar-refractivity contribution in [2.24, 2.45) is 0 Å². The van der Waals surface area contributed by atoms with E-state index >= 15 is 0 Å². The van der Waals surface area contributed by atoms with Crippen LogP contribution in [0.2, 0.25) is 6.55 Å². The third kappa shape index (κ3) is 2.11. The summed E-state index contributed by atoms with van der Waals surface area (Å²) >= 11 is 5.88. The van der Waals surface area contributed by atoms with Crippen LogP contribution in [0.25, 0.3) is 0 Å². The molecule has 1 aromatic rings. The van der Waals surface area contributed by atoms with Gasteiger partial charge >= 0.3 is 8.56 Å². The first kappa shape index (κ1) is 11.1. The Hall–Kier alpha value is -0.353. The molecule has 0 amide bonds. The first-order chi connectivity index (χ1) is 7.08. The normalized spacial score (nSPS) is 35.7. The Bertz CT molecular complexity index is 346. The molecule has 82 valence electrons. The van der Waals surface area contributed by atoms with Crippen molar-refractivity contribution in [3.63, 3.8) is 0 Å². The standard InChI is InChI=1S/C11H15ClO2Si/c1-11(10-6-4-3-5-7-10)8-13-15(2,9-12)14-11/h3-7H,8-9H2,1-2H3. The lowest BCUT2D eigenvalue weighted by Crippen LogP contribution is -2.38. The minimum Gasteiger partial charge on any atom is -0.390 e. The van der Waals surface area contributed by atoms with Crippen molar-refractivity contribution in [1.29, 1.82) is 0 Å². The third-order valence-corrected chi connectivity index (χ3v) is 6.30. The van der Waals surface area contributed by atoms with Gasteiger partial charge in [0.15, 0.2) is 0 Å². The SMILES string of the molecule is CC1(c2ccccc2)CO[Si](C)(CCl)O1. The number of rotatable bonds is 2. The minimum atomic E-state index is -2.11. The molecule has 0 bridgehead atoms. The van der Waals surface area contributed by atoms with Gasteiger partial charge in [0.2, 0.25) is 0 Å². The number of benzene rings is 1. The van der Waals surface area contributed by atoms with Crippen LogP contribution in [-0.4, -0.2) is 20.7 Å². The number of halogens is 1. The second-order valence-electron chi connectivity index (χ2n) is 4.26. The summed E-state index contributed by atoms with van der Waals surface area (Å²) in [6.45, 7) is 4.67. The molecule has 0 aliphatic carbocycles. The lowest BCUT2D eigenvalue weighted by Gasteiger charge is -2.25. The van der Waals surface area contributed by atoms with Crippen LogP contribution in [-0.2, 0) is 14.5 Å². The van der Waals surface area contributed by atoms with Crippen molar-refractivity contribution in [1.82, 2.24) is 0 Å². The van der Waals surface area contributed by atoms with E-state index in [0.29, 0.717) is 12.1 Å². The molecule has 2 atom stereocenters. The Morgan fingerprint density at radius 2 is 2.07 bits per heavy atom. The predicted octanol–water partition coefficient (Wildman–Crippen LogP) is 2.80. The molecule has 0 aromatic heterocycles. The average molecular weight is 243 g/mol. The summed E-state index contributed by atoms with van der Waals surface area (Å²) in [5.41, 5.74) is 1.32. The summed E-state index contributed by atoms with van der Waals surface area (Å²) in [7, 11) is -2.11. The fourth-order valence-electron chi connectivity index (χ4n) is 1.82. The van der Waals surface area contributed by atoms with Crippen molar-refractivity contribution >= 4 is 20.2 Å². The molecule has 4 heteroatoms. The maximum Gasteiger partial charge on any atom is 0.351 e. The van der Waals surface area contributed by atoms with Gasteiger partial charge in [-0.05, 0) is 19.0 Å². The Morgan fingerprint density at radius 3 is 2.60 bits per heavy atom. The molecule has 15 heavy (non-hydrogen) atoms. The summed E-state index contributed by atoms with van der Waals surface area (Å²) < 4.78 is 11.8. The van der Waals surface area contributed by atoms with E-state index in [1.165, 1.54) is 0 Å². The van der Waals surface area contributed by atoms with Crippen LogP contribution in [0.4, 0.5) is 0 Å². The van der Waals surface area contributed by atoms with Gasteiger partial charge in [0.25, 0.3) is 0 Å². The second-order valence-corrected chi connectivity index (χ2v) is 8.08. The number of hydrogen-bond acceptors (Lipinski definition) is 2. The molecular weight excluding hydrogens is 228 g/mol. The number of hydrogen-bond donors (Lipinski definition) is 0. The summed E-state index contributed by atoms with van der Waals surface area (Å²) in [5.74, 6) is 0. The molecular formula is C11H15ClO2Si. The van der Waals surface area contributed by atoms with Crippen LogP contribution in [0, 0.1) is 0 Å². The molecule has 1 aliphatic rings. The molecule has 1 fully saturated rings. The van der Waals surface area contributed by atoms with E-state index in [4.69, 9.17) is 20.5 Å². The van der Waals surface area contributed by atoms with Gasteiger partial charge in [0.1, 0.15) is 5.60 Å². The van der Waals surface area contributed by atoms with Gasteiger partial charge in [-0.1, -0.05) is 30.3 Å². The maximum atomic E-state index is 6.06. The highest BCUT2D eigenvalue weighted by atomic mass is 35.5. The van der Waals surface area contributed by atoms with E-state index in [9.17, 15) is 0 Å². The van der Waals surface area contributed by atoms with E-state index in [1.54, 1.807) is 0 Å². The quantitative estimate of drug-likeness (QED) is 0.587. The zero-order valence-electron chi connectivity index (χ0n) is 9.00. The molecule has 0 spiro atoms. The fourth-order valence-corrected chi connectivity index (χ4v) is 4.12. The molecule has 1 aliphatic heterocycles. The van der Waals surface area contributed by atoms with Crippen molar-refractivity contribution in [2.45, 2.75) is 19.1 Å². The average Bonchev–Trinajstić information content (AvgIpc) is 2.59. The molecule has 1 heterocycles. The predicted molar refractivity (Wildman–Crippen MR) is 63.2 cm³/mol. The van der Waals surface area contributed by atoms with E-state index in [-0.39, 0.29) is 5.60 Å². The molecule has 0 N–H and O–H groups in total. The van der Waals surface area contributed by atoms with Gasteiger partial charge in [-0.3, -0.25) is 0 Å². The van der Waals surface area contributed by atoms with E-state index in [0.717, 1.165) is 5.56 Å². The Kier molecular flexibility index (Phi) is 2.90.